The second-order valence-electron chi connectivity index (χ2n) is 8.80. The minimum atomic E-state index is -1.18. The van der Waals surface area contributed by atoms with Crippen molar-refractivity contribution in [3.05, 3.63) is 146 Å². The Kier molecular flexibility index (Phi) is 8.09. The topological polar surface area (TPSA) is 12.9 Å². The summed E-state index contributed by atoms with van der Waals surface area (Å²) in [7, 11) is -1.29. The number of rotatable bonds is 6. The van der Waals surface area contributed by atoms with Crippen molar-refractivity contribution in [2.75, 3.05) is 0 Å². The number of pyridine rings is 1. The van der Waals surface area contributed by atoms with Crippen LogP contribution in [0.3, 0.4) is 0 Å². The van der Waals surface area contributed by atoms with Gasteiger partial charge in [-0.3, -0.25) is 4.98 Å². The van der Waals surface area contributed by atoms with Gasteiger partial charge in [-0.2, -0.15) is 0 Å². The number of hydrogen-bond donors (Lipinski definition) is 0. The second kappa shape index (κ2) is 11.8. The van der Waals surface area contributed by atoms with Crippen molar-refractivity contribution in [3.63, 3.8) is 0 Å². The molecule has 0 amide bonds. The second-order valence-corrected chi connectivity index (χ2v) is 12.8. The predicted octanol–water partition coefficient (Wildman–Crippen LogP) is 4.78. The van der Waals surface area contributed by atoms with Crippen LogP contribution in [0.15, 0.2) is 146 Å². The van der Waals surface area contributed by atoms with Crippen LogP contribution in [0.5, 0.6) is 0 Å². The van der Waals surface area contributed by atoms with E-state index in [0.29, 0.717) is 0 Å². The van der Waals surface area contributed by atoms with E-state index in [4.69, 9.17) is 0 Å². The Balaban J connectivity index is 0.00000280. The van der Waals surface area contributed by atoms with E-state index in [9.17, 15) is 0 Å². The molecule has 0 atom stereocenters. The minimum absolute atomic E-state index is 0. The average molecular weight is 559 g/mol. The third kappa shape index (κ3) is 5.37. The molecule has 1 heterocycles. The van der Waals surface area contributed by atoms with Crippen molar-refractivity contribution >= 4 is 54.5 Å². The Morgan fingerprint density at radius 2 is 1.11 bits per heavy atom. The van der Waals surface area contributed by atoms with Gasteiger partial charge >= 0.3 is 0 Å². The molecule has 6 aromatic rings. The molecular weight excluding hydrogens is 533 g/mol. The molecule has 0 aliphatic carbocycles. The van der Waals surface area contributed by atoms with E-state index < -0.39 is 7.92 Å². The standard InChI is InChI=1S/C33H25NPSi.Cu/c1-3-15-26(16-4-1)35(27-17-5-2-6-18-27)30-21-11-13-25-14-12-23-32(33(25)30)36-31-22-8-7-19-28(31)29-20-9-10-24-34-29;/h1-24,36H;/p+1. The molecule has 5 aromatic carbocycles. The molecule has 37 heavy (non-hydrogen) atoms. The van der Waals surface area contributed by atoms with Crippen LogP contribution in [-0.2, 0) is 17.1 Å². The number of benzene rings is 5. The molecule has 0 fully saturated rings. The quantitative estimate of drug-likeness (QED) is 0.212. The van der Waals surface area contributed by atoms with Crippen LogP contribution in [0, 0.1) is 0 Å². The van der Waals surface area contributed by atoms with E-state index in [0.717, 1.165) is 5.69 Å². The molecule has 0 N–H and O–H groups in total. The molecule has 182 valence electrons. The maximum absolute atomic E-state index is 4.66. The molecule has 0 unspecified atom stereocenters. The van der Waals surface area contributed by atoms with Crippen LogP contribution in [0.1, 0.15) is 0 Å². The summed E-state index contributed by atoms with van der Waals surface area (Å²) in [5.74, 6) is 0. The number of hydrogen-bond acceptors (Lipinski definition) is 1. The summed E-state index contributed by atoms with van der Waals surface area (Å²) >= 11 is 0. The maximum atomic E-state index is 4.66. The predicted molar refractivity (Wildman–Crippen MR) is 160 cm³/mol. The van der Waals surface area contributed by atoms with Crippen LogP contribution in [0.4, 0.5) is 0 Å². The smallest absolute Gasteiger partial charge is 0.110 e. The average Bonchev–Trinajstić information content (AvgIpc) is 2.95. The molecule has 0 bridgehead atoms. The van der Waals surface area contributed by atoms with Crippen LogP contribution in [0.25, 0.3) is 22.0 Å². The monoisotopic (exact) mass is 558 g/mol. The summed E-state index contributed by atoms with van der Waals surface area (Å²) < 4.78 is 0. The van der Waals surface area contributed by atoms with E-state index in [1.807, 2.05) is 12.3 Å². The van der Waals surface area contributed by atoms with Gasteiger partial charge in [-0.15, -0.1) is 0 Å². The van der Waals surface area contributed by atoms with Crippen LogP contribution >= 0.6 is 7.92 Å². The van der Waals surface area contributed by atoms with Crippen molar-refractivity contribution in [1.29, 1.82) is 0 Å². The zero-order chi connectivity index (χ0) is 24.2. The van der Waals surface area contributed by atoms with Gasteiger partial charge in [0.05, 0.1) is 13.6 Å². The van der Waals surface area contributed by atoms with Crippen LogP contribution < -0.4 is 26.3 Å². The number of fused-ring (bicyclic) bond motifs is 1. The summed E-state index contributed by atoms with van der Waals surface area (Å²) in [5.41, 5.74) is 2.28. The largest absolute Gasteiger partial charge is 0.256 e. The van der Waals surface area contributed by atoms with Gasteiger partial charge in [0.2, 0.25) is 0 Å². The molecule has 0 saturated carbocycles. The van der Waals surface area contributed by atoms with Gasteiger partial charge in [0.25, 0.3) is 0 Å². The molecule has 0 saturated heterocycles. The minimum Gasteiger partial charge on any atom is -0.256 e. The summed E-state index contributed by atoms with van der Waals surface area (Å²) in [4.78, 5) is 4.66. The maximum Gasteiger partial charge on any atom is 0.110 e. The normalized spacial score (nSPS) is 10.8. The zero-order valence-corrected chi connectivity index (χ0v) is 23.3. The fourth-order valence-electron chi connectivity index (χ4n) is 4.93. The Morgan fingerprint density at radius 3 is 1.78 bits per heavy atom. The molecule has 0 spiro atoms. The Morgan fingerprint density at radius 1 is 0.514 bits per heavy atom. The van der Waals surface area contributed by atoms with Crippen molar-refractivity contribution in [2.24, 2.45) is 0 Å². The van der Waals surface area contributed by atoms with Gasteiger partial charge in [-0.25, -0.2) is 0 Å². The van der Waals surface area contributed by atoms with Gasteiger partial charge in [0.1, 0.15) is 25.4 Å². The molecular formula is C33H26CuNPSi+. The van der Waals surface area contributed by atoms with Crippen molar-refractivity contribution in [2.45, 2.75) is 0 Å². The number of nitrogens with zero attached hydrogens (tertiary/aromatic N) is 1. The first-order chi connectivity index (χ1) is 17.9. The van der Waals surface area contributed by atoms with Crippen LogP contribution in [-0.4, -0.2) is 14.5 Å². The molecule has 2 radical (unpaired) electrons. The first-order valence-corrected chi connectivity index (χ1v) is 14.9. The molecule has 0 aliphatic heterocycles. The molecule has 4 heteroatoms. The number of aromatic nitrogens is 1. The molecule has 1 nitrogen and oxygen atoms in total. The fraction of sp³-hybridized carbons (Fsp3) is 0. The van der Waals surface area contributed by atoms with E-state index >= 15 is 0 Å². The summed E-state index contributed by atoms with van der Waals surface area (Å²) in [5, 5.41) is 9.87. The third-order valence-corrected chi connectivity index (χ3v) is 10.9. The summed E-state index contributed by atoms with van der Waals surface area (Å²) in [6, 6.07) is 50.7. The third-order valence-electron chi connectivity index (χ3n) is 6.54. The van der Waals surface area contributed by atoms with E-state index in [1.54, 1.807) is 0 Å². The van der Waals surface area contributed by atoms with Gasteiger partial charge in [-0.1, -0.05) is 102 Å². The van der Waals surface area contributed by atoms with E-state index in [1.165, 1.54) is 42.6 Å². The van der Waals surface area contributed by atoms with Gasteiger partial charge in [0, 0.05) is 28.7 Å². The van der Waals surface area contributed by atoms with Gasteiger partial charge < -0.3 is 0 Å². The molecule has 0 aliphatic rings. The van der Waals surface area contributed by atoms with Crippen molar-refractivity contribution < 1.29 is 17.1 Å². The Labute approximate surface area is 232 Å². The van der Waals surface area contributed by atoms with Crippen molar-refractivity contribution in [1.82, 2.24) is 4.98 Å². The SMILES string of the molecule is [Cu].c1ccc([PH+](c2ccccc2)c2cccc3cccc([SiH]c4ccccc4-c4ccccn4)c23)cc1. The van der Waals surface area contributed by atoms with Crippen molar-refractivity contribution in [3.8, 4) is 11.3 Å². The van der Waals surface area contributed by atoms with E-state index in [2.05, 4.69) is 138 Å². The Bertz CT molecular complexity index is 1560. The first-order valence-electron chi connectivity index (χ1n) is 12.2. The molecule has 1 aromatic heterocycles. The first kappa shape index (κ1) is 25.3. The molecule has 6 rings (SSSR count). The fourth-order valence-corrected chi connectivity index (χ4v) is 9.50. The summed E-state index contributed by atoms with van der Waals surface area (Å²) in [6.45, 7) is 0. The van der Waals surface area contributed by atoms with Gasteiger partial charge in [-0.05, 0) is 58.6 Å². The summed E-state index contributed by atoms with van der Waals surface area (Å²) in [6.07, 6.45) is 1.88. The Hall–Kier alpha value is -3.32. The zero-order valence-electron chi connectivity index (χ0n) is 20.2. The van der Waals surface area contributed by atoms with Crippen LogP contribution in [0.2, 0.25) is 0 Å². The van der Waals surface area contributed by atoms with Gasteiger partial charge in [0.15, 0.2) is 0 Å². The van der Waals surface area contributed by atoms with E-state index in [-0.39, 0.29) is 26.6 Å².